The van der Waals surface area contributed by atoms with E-state index in [4.69, 9.17) is 0 Å². The van der Waals surface area contributed by atoms with Gasteiger partial charge < -0.3 is 9.90 Å². The topological polar surface area (TPSA) is 37.3 Å². The van der Waals surface area contributed by atoms with Crippen LogP contribution in [0.1, 0.15) is 18.4 Å². The smallest absolute Gasteiger partial charge is 0.122 e. The maximum atomic E-state index is 10.3. The Balaban J connectivity index is 2.05. The van der Waals surface area contributed by atoms with Crippen LogP contribution in [-0.4, -0.2) is 17.5 Å². The first-order valence-corrected chi connectivity index (χ1v) is 6.55. The lowest BCUT2D eigenvalue weighted by molar-refractivity contribution is -0.109. The second-order valence-corrected chi connectivity index (χ2v) is 4.66. The molecule has 2 nitrogen and oxygen atoms in total. The number of aldehydes is 1. The van der Waals surface area contributed by atoms with Gasteiger partial charge in [0.05, 0.1) is 6.10 Å². The van der Waals surface area contributed by atoms with Gasteiger partial charge >= 0.3 is 0 Å². The van der Waals surface area contributed by atoms with Crippen molar-refractivity contribution < 1.29 is 9.90 Å². The predicted octanol–water partition coefficient (Wildman–Crippen LogP) is 3.24. The maximum Gasteiger partial charge on any atom is 0.122 e. The van der Waals surface area contributed by atoms with Gasteiger partial charge in [-0.2, -0.15) is 0 Å². The van der Waals surface area contributed by atoms with E-state index >= 15 is 0 Å². The molecule has 1 atom stereocenters. The molecule has 0 amide bonds. The van der Waals surface area contributed by atoms with Crippen LogP contribution in [0.15, 0.2) is 54.6 Å². The Labute approximate surface area is 113 Å². The van der Waals surface area contributed by atoms with E-state index in [-0.39, 0.29) is 6.42 Å². The number of aliphatic hydroxyl groups excluding tert-OH is 1. The van der Waals surface area contributed by atoms with E-state index in [2.05, 4.69) is 30.3 Å². The summed E-state index contributed by atoms with van der Waals surface area (Å²) in [4.78, 5) is 10.3. The summed E-state index contributed by atoms with van der Waals surface area (Å²) in [5, 5.41) is 9.57. The fraction of sp³-hybridized carbons (Fsp3) is 0.235. The highest BCUT2D eigenvalue weighted by Gasteiger charge is 2.04. The summed E-state index contributed by atoms with van der Waals surface area (Å²) in [6.45, 7) is 0. The predicted molar refractivity (Wildman–Crippen MR) is 76.9 cm³/mol. The lowest BCUT2D eigenvalue weighted by atomic mass is 9.99. The molecule has 0 fully saturated rings. The number of benzene rings is 2. The first-order valence-electron chi connectivity index (χ1n) is 6.55. The van der Waals surface area contributed by atoms with Crippen LogP contribution >= 0.6 is 0 Å². The van der Waals surface area contributed by atoms with E-state index < -0.39 is 6.10 Å². The first-order chi connectivity index (χ1) is 9.29. The largest absolute Gasteiger partial charge is 0.393 e. The molecule has 2 rings (SSSR count). The van der Waals surface area contributed by atoms with Gasteiger partial charge in [-0.15, -0.1) is 0 Å². The number of rotatable bonds is 6. The molecule has 1 N–H and O–H groups in total. The summed E-state index contributed by atoms with van der Waals surface area (Å²) >= 11 is 0. The summed E-state index contributed by atoms with van der Waals surface area (Å²) in [6, 6.07) is 18.5. The molecule has 0 spiro atoms. The Morgan fingerprint density at radius 3 is 2.47 bits per heavy atom. The van der Waals surface area contributed by atoms with Gasteiger partial charge in [0.1, 0.15) is 6.29 Å². The molecule has 0 saturated carbocycles. The van der Waals surface area contributed by atoms with Crippen molar-refractivity contribution in [2.45, 2.75) is 25.4 Å². The molecular formula is C17H18O2. The SMILES string of the molecule is O=CCC(O)CCc1cccc(-c2ccccc2)c1. The van der Waals surface area contributed by atoms with Gasteiger partial charge in [-0.3, -0.25) is 0 Å². The monoisotopic (exact) mass is 254 g/mol. The highest BCUT2D eigenvalue weighted by Crippen LogP contribution is 2.20. The van der Waals surface area contributed by atoms with E-state index in [0.29, 0.717) is 6.42 Å². The van der Waals surface area contributed by atoms with E-state index in [0.717, 1.165) is 12.7 Å². The fourth-order valence-corrected chi connectivity index (χ4v) is 2.10. The molecule has 0 aliphatic heterocycles. The summed E-state index contributed by atoms with van der Waals surface area (Å²) < 4.78 is 0. The van der Waals surface area contributed by atoms with Crippen molar-refractivity contribution in [2.24, 2.45) is 0 Å². The highest BCUT2D eigenvalue weighted by atomic mass is 16.3. The van der Waals surface area contributed by atoms with Crippen LogP contribution in [-0.2, 0) is 11.2 Å². The number of aliphatic hydroxyl groups is 1. The zero-order valence-corrected chi connectivity index (χ0v) is 10.8. The summed E-state index contributed by atoms with van der Waals surface area (Å²) in [5.41, 5.74) is 3.56. The number of carbonyl (C=O) groups is 1. The Morgan fingerprint density at radius 2 is 1.74 bits per heavy atom. The van der Waals surface area contributed by atoms with E-state index in [9.17, 15) is 9.90 Å². The fourth-order valence-electron chi connectivity index (χ4n) is 2.10. The third kappa shape index (κ3) is 4.04. The standard InChI is InChI=1S/C17H18O2/c18-12-11-17(19)10-9-14-5-4-8-16(13-14)15-6-2-1-3-7-15/h1-8,12-13,17,19H,9-11H2. The molecule has 2 aromatic rings. The zero-order chi connectivity index (χ0) is 13.5. The molecular weight excluding hydrogens is 236 g/mol. The lowest BCUT2D eigenvalue weighted by Gasteiger charge is -2.08. The molecule has 0 saturated heterocycles. The molecule has 0 aromatic heterocycles. The number of carbonyl (C=O) groups excluding carboxylic acids is 1. The first kappa shape index (κ1) is 13.5. The van der Waals surface area contributed by atoms with E-state index in [1.807, 2.05) is 24.3 Å². The minimum absolute atomic E-state index is 0.221. The average molecular weight is 254 g/mol. The second-order valence-electron chi connectivity index (χ2n) is 4.66. The van der Waals surface area contributed by atoms with Crippen molar-refractivity contribution in [3.05, 3.63) is 60.2 Å². The summed E-state index contributed by atoms with van der Waals surface area (Å²) in [7, 11) is 0. The molecule has 0 heterocycles. The molecule has 98 valence electrons. The Bertz CT molecular complexity index is 520. The molecule has 0 aliphatic rings. The van der Waals surface area contributed by atoms with Crippen molar-refractivity contribution in [1.29, 1.82) is 0 Å². The highest BCUT2D eigenvalue weighted by molar-refractivity contribution is 5.63. The van der Waals surface area contributed by atoms with Crippen LogP contribution in [0.5, 0.6) is 0 Å². The zero-order valence-electron chi connectivity index (χ0n) is 10.8. The van der Waals surface area contributed by atoms with Crippen LogP contribution in [0.4, 0.5) is 0 Å². The normalized spacial score (nSPS) is 12.1. The van der Waals surface area contributed by atoms with Crippen molar-refractivity contribution in [3.8, 4) is 11.1 Å². The lowest BCUT2D eigenvalue weighted by Crippen LogP contribution is -2.08. The quantitative estimate of drug-likeness (QED) is 0.803. The molecule has 19 heavy (non-hydrogen) atoms. The van der Waals surface area contributed by atoms with Gasteiger partial charge in [0.15, 0.2) is 0 Å². The van der Waals surface area contributed by atoms with Crippen molar-refractivity contribution in [3.63, 3.8) is 0 Å². The van der Waals surface area contributed by atoms with Crippen molar-refractivity contribution in [1.82, 2.24) is 0 Å². The van der Waals surface area contributed by atoms with Crippen molar-refractivity contribution in [2.75, 3.05) is 0 Å². The van der Waals surface area contributed by atoms with E-state index in [1.165, 1.54) is 16.7 Å². The molecule has 0 bridgehead atoms. The third-order valence-corrected chi connectivity index (χ3v) is 3.17. The molecule has 0 aliphatic carbocycles. The van der Waals surface area contributed by atoms with Crippen LogP contribution in [0.2, 0.25) is 0 Å². The van der Waals surface area contributed by atoms with Gasteiger partial charge in [0, 0.05) is 6.42 Å². The summed E-state index contributed by atoms with van der Waals surface area (Å²) in [5.74, 6) is 0. The van der Waals surface area contributed by atoms with Crippen LogP contribution in [0.25, 0.3) is 11.1 Å². The molecule has 0 radical (unpaired) electrons. The third-order valence-electron chi connectivity index (χ3n) is 3.17. The summed E-state index contributed by atoms with van der Waals surface area (Å²) in [6.07, 6.45) is 1.87. The van der Waals surface area contributed by atoms with Gasteiger partial charge in [0.25, 0.3) is 0 Å². The van der Waals surface area contributed by atoms with Crippen molar-refractivity contribution >= 4 is 6.29 Å². The Hall–Kier alpha value is -1.93. The number of aryl methyl sites for hydroxylation is 1. The maximum absolute atomic E-state index is 10.3. The minimum Gasteiger partial charge on any atom is -0.393 e. The Kier molecular flexibility index (Phi) is 4.87. The molecule has 2 heteroatoms. The second kappa shape index (κ2) is 6.86. The molecule has 1 unspecified atom stereocenters. The van der Waals surface area contributed by atoms with Crippen LogP contribution < -0.4 is 0 Å². The van der Waals surface area contributed by atoms with E-state index in [1.54, 1.807) is 0 Å². The van der Waals surface area contributed by atoms with Gasteiger partial charge in [0.2, 0.25) is 0 Å². The molecule has 2 aromatic carbocycles. The van der Waals surface area contributed by atoms with Gasteiger partial charge in [-0.1, -0.05) is 54.6 Å². The number of hydrogen-bond donors (Lipinski definition) is 1. The van der Waals surface area contributed by atoms with Crippen LogP contribution in [0, 0.1) is 0 Å². The van der Waals surface area contributed by atoms with Gasteiger partial charge in [-0.25, -0.2) is 0 Å². The van der Waals surface area contributed by atoms with Gasteiger partial charge in [-0.05, 0) is 29.5 Å². The van der Waals surface area contributed by atoms with Crippen LogP contribution in [0.3, 0.4) is 0 Å². The minimum atomic E-state index is -0.530. The Morgan fingerprint density at radius 1 is 1.00 bits per heavy atom. The number of hydrogen-bond acceptors (Lipinski definition) is 2. The average Bonchev–Trinajstić information content (AvgIpc) is 2.47.